The van der Waals surface area contributed by atoms with Crippen molar-refractivity contribution in [3.05, 3.63) is 110 Å². The van der Waals surface area contributed by atoms with Crippen LogP contribution in [0.1, 0.15) is 50.0 Å². The molecule has 3 aromatic rings. The molecule has 2 aliphatic rings. The zero-order valence-electron chi connectivity index (χ0n) is 28.2. The highest BCUT2D eigenvalue weighted by atomic mass is 16.6. The van der Waals surface area contributed by atoms with Crippen LogP contribution in [0.25, 0.3) is 0 Å². The minimum absolute atomic E-state index is 0.0908. The zero-order valence-corrected chi connectivity index (χ0v) is 28.2. The lowest BCUT2D eigenvalue weighted by atomic mass is 9.77. The molecule has 268 valence electrons. The highest BCUT2D eigenvalue weighted by molar-refractivity contribution is 5.61. The number of ether oxygens (including phenoxy) is 5. The Morgan fingerprint density at radius 1 is 0.700 bits per heavy atom. The van der Waals surface area contributed by atoms with E-state index < -0.39 is 33.4 Å². The fourth-order valence-corrected chi connectivity index (χ4v) is 6.33. The molecule has 2 bridgehead atoms. The number of nitro groups is 2. The van der Waals surface area contributed by atoms with Gasteiger partial charge in [-0.25, -0.2) is 0 Å². The van der Waals surface area contributed by atoms with Crippen LogP contribution >= 0.6 is 0 Å². The molecule has 0 aromatic heterocycles. The molecule has 0 amide bonds. The van der Waals surface area contributed by atoms with Crippen LogP contribution in [0.4, 0.5) is 17.1 Å². The minimum Gasteiger partial charge on any atom is -0.392 e. The van der Waals surface area contributed by atoms with Crippen LogP contribution in [0, 0.1) is 32.1 Å². The number of fused-ring (bicyclic) bond motifs is 2. The Balaban J connectivity index is 1.38. The number of non-ortho nitro benzene ring substituents is 1. The van der Waals surface area contributed by atoms with E-state index in [0.717, 1.165) is 23.3 Å². The molecule has 5 rings (SSSR count). The smallest absolute Gasteiger partial charge is 0.303 e. The lowest BCUT2D eigenvalue weighted by Gasteiger charge is -2.37. The van der Waals surface area contributed by atoms with E-state index in [0.29, 0.717) is 26.1 Å². The fraction of sp³-hybridized carbons (Fsp3) is 0.500. The maximum atomic E-state index is 11.7. The number of aliphatic hydroxyl groups is 1. The molecule has 6 atom stereocenters. The Bertz CT molecular complexity index is 1490. The Kier molecular flexibility index (Phi) is 13.5. The van der Waals surface area contributed by atoms with Crippen molar-refractivity contribution >= 4 is 17.1 Å². The van der Waals surface area contributed by atoms with Gasteiger partial charge in [0.2, 0.25) is 0 Å². The molecule has 3 aromatic carbocycles. The molecular weight excluding hydrogens is 648 g/mol. The summed E-state index contributed by atoms with van der Waals surface area (Å²) in [5, 5.41) is 43.0. The molecule has 2 unspecified atom stereocenters. The summed E-state index contributed by atoms with van der Waals surface area (Å²) in [6.45, 7) is 5.43. The van der Waals surface area contributed by atoms with E-state index in [-0.39, 0.29) is 68.4 Å². The number of nitrogens with zero attached hydrogens (tertiary/aromatic N) is 4. The van der Waals surface area contributed by atoms with Gasteiger partial charge in [-0.1, -0.05) is 60.7 Å². The zero-order chi connectivity index (χ0) is 35.5. The van der Waals surface area contributed by atoms with E-state index in [9.17, 15) is 25.3 Å². The molecular formula is C36H44N4O10. The van der Waals surface area contributed by atoms with Crippen LogP contribution in [0.15, 0.2) is 89.1 Å². The van der Waals surface area contributed by atoms with E-state index in [1.807, 2.05) is 74.5 Å². The van der Waals surface area contributed by atoms with Gasteiger partial charge in [0.25, 0.3) is 5.69 Å². The molecule has 1 aliphatic carbocycles. The molecule has 0 spiro atoms. The fourth-order valence-electron chi connectivity index (χ4n) is 6.33. The first-order valence-corrected chi connectivity index (χ1v) is 16.8. The molecule has 2 fully saturated rings. The first-order valence-electron chi connectivity index (χ1n) is 16.8. The number of hydrogen-bond donors (Lipinski definition) is 1. The average Bonchev–Trinajstić information content (AvgIpc) is 3.11. The SMILES string of the molecule is C[C@H]1CO[C@H](c2ccccc2)COCC2CC(N=Nc3ccc([N+](=O)[O-])cc3[N+](=O)[O-])CC(COC[C@@H](c3ccccc3)OC[C@H](C)O1)C2O. The molecule has 50 heavy (non-hydrogen) atoms. The molecule has 14 nitrogen and oxygen atoms in total. The second-order valence-electron chi connectivity index (χ2n) is 12.8. The average molecular weight is 693 g/mol. The Hall–Kier alpha value is -4.18. The van der Waals surface area contributed by atoms with Crippen LogP contribution in [0.3, 0.4) is 0 Å². The minimum atomic E-state index is -0.783. The van der Waals surface area contributed by atoms with Gasteiger partial charge in [0.15, 0.2) is 5.69 Å². The van der Waals surface area contributed by atoms with Crippen molar-refractivity contribution in [2.24, 2.45) is 22.1 Å². The Morgan fingerprint density at radius 2 is 1.22 bits per heavy atom. The van der Waals surface area contributed by atoms with E-state index in [1.165, 1.54) is 6.07 Å². The normalized spacial score (nSPS) is 29.1. The number of hydrogen-bond acceptors (Lipinski definition) is 12. The molecule has 1 N–H and O–H groups in total. The number of azo groups is 1. The number of rotatable bonds is 6. The topological polar surface area (TPSA) is 177 Å². The van der Waals surface area contributed by atoms with Gasteiger partial charge in [0.1, 0.15) is 12.2 Å². The maximum absolute atomic E-state index is 11.7. The van der Waals surface area contributed by atoms with Gasteiger partial charge < -0.3 is 28.8 Å². The van der Waals surface area contributed by atoms with Gasteiger partial charge in [-0.3, -0.25) is 20.2 Å². The summed E-state index contributed by atoms with van der Waals surface area (Å²) in [5.74, 6) is -0.708. The van der Waals surface area contributed by atoms with Crippen LogP contribution in [-0.4, -0.2) is 78.9 Å². The summed E-state index contributed by atoms with van der Waals surface area (Å²) in [6, 6.07) is 22.3. The number of aliphatic hydroxyl groups excluding tert-OH is 1. The summed E-state index contributed by atoms with van der Waals surface area (Å²) in [5.41, 5.74) is 0.876. The summed E-state index contributed by atoms with van der Waals surface area (Å²) >= 11 is 0. The van der Waals surface area contributed by atoms with E-state index >= 15 is 0 Å². The lowest BCUT2D eigenvalue weighted by Crippen LogP contribution is -2.43. The van der Waals surface area contributed by atoms with E-state index in [4.69, 9.17) is 23.7 Å². The van der Waals surface area contributed by atoms with Gasteiger partial charge in [-0.15, -0.1) is 5.11 Å². The van der Waals surface area contributed by atoms with Crippen molar-refractivity contribution in [1.82, 2.24) is 0 Å². The van der Waals surface area contributed by atoms with Crippen molar-refractivity contribution in [3.63, 3.8) is 0 Å². The van der Waals surface area contributed by atoms with Gasteiger partial charge in [0, 0.05) is 17.9 Å². The van der Waals surface area contributed by atoms with Crippen LogP contribution in [-0.2, 0) is 23.7 Å². The van der Waals surface area contributed by atoms with Crippen molar-refractivity contribution in [1.29, 1.82) is 0 Å². The first kappa shape index (κ1) is 37.1. The van der Waals surface area contributed by atoms with Crippen molar-refractivity contribution in [2.75, 3.05) is 39.6 Å². The molecule has 1 heterocycles. The molecule has 1 saturated carbocycles. The Labute approximate surface area is 290 Å². The third kappa shape index (κ3) is 10.4. The molecule has 14 heteroatoms. The highest BCUT2D eigenvalue weighted by Gasteiger charge is 2.38. The lowest BCUT2D eigenvalue weighted by molar-refractivity contribution is -0.393. The van der Waals surface area contributed by atoms with Crippen molar-refractivity contribution < 1.29 is 38.6 Å². The quantitative estimate of drug-likeness (QED) is 0.166. The van der Waals surface area contributed by atoms with Crippen LogP contribution in [0.2, 0.25) is 0 Å². The molecule has 1 saturated heterocycles. The predicted octanol–water partition coefficient (Wildman–Crippen LogP) is 6.70. The van der Waals surface area contributed by atoms with E-state index in [2.05, 4.69) is 10.2 Å². The second-order valence-corrected chi connectivity index (χ2v) is 12.8. The third-order valence-corrected chi connectivity index (χ3v) is 8.88. The Morgan fingerprint density at radius 3 is 1.70 bits per heavy atom. The van der Waals surface area contributed by atoms with Gasteiger partial charge in [-0.2, -0.15) is 5.11 Å². The summed E-state index contributed by atoms with van der Waals surface area (Å²) in [4.78, 5) is 21.5. The molecule has 0 radical (unpaired) electrons. The van der Waals surface area contributed by atoms with Crippen molar-refractivity contribution in [3.8, 4) is 0 Å². The summed E-state index contributed by atoms with van der Waals surface area (Å²) < 4.78 is 31.3. The van der Waals surface area contributed by atoms with Gasteiger partial charge in [-0.05, 0) is 43.9 Å². The molecule has 1 aliphatic heterocycles. The second kappa shape index (κ2) is 18.2. The number of benzene rings is 3. The monoisotopic (exact) mass is 692 g/mol. The third-order valence-electron chi connectivity index (χ3n) is 8.88. The largest absolute Gasteiger partial charge is 0.392 e. The summed E-state index contributed by atoms with van der Waals surface area (Å²) in [6.07, 6.45) is -1.18. The van der Waals surface area contributed by atoms with Crippen molar-refractivity contribution in [2.45, 2.75) is 63.3 Å². The first-order chi connectivity index (χ1) is 24.2. The van der Waals surface area contributed by atoms with Crippen LogP contribution in [0.5, 0.6) is 0 Å². The van der Waals surface area contributed by atoms with Crippen LogP contribution < -0.4 is 0 Å². The number of nitro benzene ring substituents is 2. The highest BCUT2D eigenvalue weighted by Crippen LogP contribution is 2.36. The summed E-state index contributed by atoms with van der Waals surface area (Å²) in [7, 11) is 0. The van der Waals surface area contributed by atoms with E-state index in [1.54, 1.807) is 0 Å². The maximum Gasteiger partial charge on any atom is 0.303 e. The predicted molar refractivity (Wildman–Crippen MR) is 182 cm³/mol. The standard InChI is InChI=1S/C36H44N4O10/c1-24-18-48-34(26-9-5-3-6-10-26)22-46-20-28-15-30(37-38-32-14-13-31(39(42)43)17-33(32)40(44)45)16-29(36(28)41)21-47-23-35(49-19-25(2)50-24)27-11-7-4-8-12-27/h3-14,17,24-25,28-30,34-36,41H,15-16,18-23H2,1-2H3/t24-,25-,28?,29?,30?,34-,35-,36?/m0/s1. The van der Waals surface area contributed by atoms with Gasteiger partial charge in [0.05, 0.1) is 79.9 Å². The van der Waals surface area contributed by atoms with Gasteiger partial charge >= 0.3 is 5.69 Å².